The smallest absolute Gasteiger partial charge is 0.377 e. The van der Waals surface area contributed by atoms with E-state index in [-0.39, 0.29) is 0 Å². The Balaban J connectivity index is 3.25. The third-order valence-corrected chi connectivity index (χ3v) is 6.78. The first kappa shape index (κ1) is 23.1. The normalized spacial score (nSPS) is 12.0. The lowest BCUT2D eigenvalue weighted by atomic mass is 10.1. The van der Waals surface area contributed by atoms with E-state index < -0.39 is 8.80 Å². The monoisotopic (exact) mass is 348 g/mol. The van der Waals surface area contributed by atoms with Gasteiger partial charge in [-0.25, -0.2) is 0 Å². The van der Waals surface area contributed by atoms with Crippen molar-refractivity contribution in [3.63, 3.8) is 0 Å². The van der Waals surface area contributed by atoms with E-state index in [1.807, 2.05) is 0 Å². The fraction of sp³-hybridized carbons (Fsp3) is 1.00. The number of rotatable bonds is 18. The molecule has 0 aliphatic rings. The molecule has 0 heterocycles. The first-order valence-electron chi connectivity index (χ1n) is 9.48. The highest BCUT2D eigenvalue weighted by Crippen LogP contribution is 2.12. The van der Waals surface area contributed by atoms with Crippen molar-refractivity contribution in [2.24, 2.45) is 0 Å². The molecule has 0 amide bonds. The second-order valence-corrected chi connectivity index (χ2v) is 9.12. The van der Waals surface area contributed by atoms with Gasteiger partial charge in [-0.2, -0.15) is 0 Å². The Kier molecular flexibility index (Phi) is 16.9. The van der Waals surface area contributed by atoms with Gasteiger partial charge in [0.05, 0.1) is 0 Å². The van der Waals surface area contributed by atoms with Crippen LogP contribution in [0.3, 0.4) is 0 Å². The van der Waals surface area contributed by atoms with Gasteiger partial charge in [0.2, 0.25) is 0 Å². The molecule has 0 saturated carbocycles. The van der Waals surface area contributed by atoms with E-state index in [4.69, 9.17) is 18.0 Å². The van der Waals surface area contributed by atoms with Crippen LogP contribution >= 0.6 is 0 Å². The van der Waals surface area contributed by atoms with E-state index >= 15 is 0 Å². The maximum absolute atomic E-state index is 5.65. The van der Waals surface area contributed by atoms with Gasteiger partial charge in [-0.1, -0.05) is 77.6 Å². The second-order valence-electron chi connectivity index (χ2n) is 6.24. The van der Waals surface area contributed by atoms with Crippen LogP contribution in [0.25, 0.3) is 0 Å². The van der Waals surface area contributed by atoms with Gasteiger partial charge < -0.3 is 18.0 Å². The molecule has 0 aromatic carbocycles. The Hall–Kier alpha value is 0.0569. The first-order valence-corrected chi connectivity index (χ1v) is 11.4. The summed E-state index contributed by atoms with van der Waals surface area (Å²) in [7, 11) is 2.31. The minimum atomic E-state index is -2.54. The molecule has 0 spiro atoms. The fourth-order valence-electron chi connectivity index (χ4n) is 2.67. The summed E-state index contributed by atoms with van der Waals surface area (Å²) in [6.45, 7) is 3.04. The summed E-state index contributed by atoms with van der Waals surface area (Å²) in [4.78, 5) is 0. The van der Waals surface area contributed by atoms with E-state index in [1.165, 1.54) is 70.6 Å². The number of ether oxygens (including phenoxy) is 1. The molecule has 0 aliphatic heterocycles. The van der Waals surface area contributed by atoms with E-state index in [1.54, 1.807) is 21.3 Å². The molecule has 23 heavy (non-hydrogen) atoms. The van der Waals surface area contributed by atoms with Crippen molar-refractivity contribution in [1.82, 2.24) is 0 Å². The lowest BCUT2D eigenvalue weighted by Gasteiger charge is -2.23. The maximum atomic E-state index is 5.65. The summed E-state index contributed by atoms with van der Waals surface area (Å²) >= 11 is 0. The quantitative estimate of drug-likeness (QED) is 0.254. The van der Waals surface area contributed by atoms with Crippen molar-refractivity contribution in [2.45, 2.75) is 84.0 Å². The number of hydrogen-bond acceptors (Lipinski definition) is 4. The molecule has 0 aromatic heterocycles. The summed E-state index contributed by atoms with van der Waals surface area (Å²) in [5.74, 6) is 0. The van der Waals surface area contributed by atoms with Gasteiger partial charge in [-0.15, -0.1) is 0 Å². The lowest BCUT2D eigenvalue weighted by Crippen LogP contribution is -2.48. The molecule has 0 bridgehead atoms. The van der Waals surface area contributed by atoms with Crippen LogP contribution in [0.4, 0.5) is 0 Å². The molecule has 0 fully saturated rings. The number of unbranched alkanes of at least 4 members (excludes halogenated alkanes) is 11. The van der Waals surface area contributed by atoms with Crippen molar-refractivity contribution in [1.29, 1.82) is 0 Å². The third-order valence-electron chi connectivity index (χ3n) is 4.35. The molecule has 140 valence electrons. The summed E-state index contributed by atoms with van der Waals surface area (Å²) in [5.41, 5.74) is 0. The molecule has 0 aliphatic carbocycles. The van der Waals surface area contributed by atoms with Gasteiger partial charge >= 0.3 is 8.80 Å². The molecule has 0 atom stereocenters. The van der Waals surface area contributed by atoms with Crippen LogP contribution in [0, 0.1) is 0 Å². The molecule has 0 N–H and O–H groups in total. The molecule has 4 nitrogen and oxygen atoms in total. The van der Waals surface area contributed by atoms with Crippen LogP contribution < -0.4 is 0 Å². The minimum Gasteiger partial charge on any atom is -0.377 e. The predicted molar refractivity (Wildman–Crippen MR) is 98.7 cm³/mol. The van der Waals surface area contributed by atoms with Crippen LogP contribution in [0.2, 0.25) is 0 Å². The van der Waals surface area contributed by atoms with Crippen molar-refractivity contribution in [3.05, 3.63) is 0 Å². The molecule has 5 heteroatoms. The molecular weight excluding hydrogens is 308 g/mol. The zero-order chi connectivity index (χ0) is 17.2. The lowest BCUT2D eigenvalue weighted by molar-refractivity contribution is 0.0622. The highest BCUT2D eigenvalue weighted by molar-refractivity contribution is 6.60. The Bertz CT molecular complexity index is 227. The third kappa shape index (κ3) is 13.1. The molecule has 0 saturated heterocycles. The van der Waals surface area contributed by atoms with Crippen LogP contribution in [-0.2, 0) is 18.0 Å². The van der Waals surface area contributed by atoms with Gasteiger partial charge in [-0.3, -0.25) is 0 Å². The largest absolute Gasteiger partial charge is 0.527 e. The standard InChI is InChI=1S/C18H40O4Si/c1-5-6-7-8-9-10-11-12-13-14-15-16-17-22-18-23(19-2,20-3)21-4/h5-18H2,1-4H3. The number of hydrogen-bond donors (Lipinski definition) is 0. The summed E-state index contributed by atoms with van der Waals surface area (Å²) in [6.07, 6.45) is 16.7. The van der Waals surface area contributed by atoms with E-state index in [0.29, 0.717) is 6.23 Å². The molecule has 0 rings (SSSR count). The van der Waals surface area contributed by atoms with Crippen molar-refractivity contribution >= 4 is 8.80 Å². The van der Waals surface area contributed by atoms with Gasteiger partial charge in [0, 0.05) is 27.9 Å². The SMILES string of the molecule is CCCCCCCCCCCCCCOC[Si](OC)(OC)OC. The van der Waals surface area contributed by atoms with Crippen LogP contribution in [0.15, 0.2) is 0 Å². The zero-order valence-electron chi connectivity index (χ0n) is 16.0. The van der Waals surface area contributed by atoms with Crippen LogP contribution in [-0.4, -0.2) is 43.0 Å². The topological polar surface area (TPSA) is 36.9 Å². The Morgan fingerprint density at radius 2 is 0.957 bits per heavy atom. The van der Waals surface area contributed by atoms with Gasteiger partial charge in [0.15, 0.2) is 0 Å². The second kappa shape index (κ2) is 16.9. The van der Waals surface area contributed by atoms with Crippen LogP contribution in [0.5, 0.6) is 0 Å². The molecular formula is C18H40O4Si. The minimum absolute atomic E-state index is 0.439. The van der Waals surface area contributed by atoms with Gasteiger partial charge in [0.25, 0.3) is 0 Å². The molecule has 0 radical (unpaired) electrons. The predicted octanol–water partition coefficient (Wildman–Crippen LogP) is 5.12. The van der Waals surface area contributed by atoms with E-state index in [9.17, 15) is 0 Å². The Morgan fingerprint density at radius 1 is 0.565 bits per heavy atom. The summed E-state index contributed by atoms with van der Waals surface area (Å²) in [5, 5.41) is 0. The van der Waals surface area contributed by atoms with E-state index in [2.05, 4.69) is 6.92 Å². The van der Waals surface area contributed by atoms with Gasteiger partial charge in [-0.05, 0) is 6.42 Å². The van der Waals surface area contributed by atoms with Crippen molar-refractivity contribution in [2.75, 3.05) is 34.2 Å². The molecule has 0 aromatic rings. The van der Waals surface area contributed by atoms with Crippen LogP contribution in [0.1, 0.15) is 84.0 Å². The molecule has 0 unspecified atom stereocenters. The Labute approximate surface area is 145 Å². The summed E-state index contributed by atoms with van der Waals surface area (Å²) < 4.78 is 21.6. The van der Waals surface area contributed by atoms with Crippen molar-refractivity contribution < 1.29 is 18.0 Å². The average Bonchev–Trinajstić information content (AvgIpc) is 2.59. The summed E-state index contributed by atoms with van der Waals surface area (Å²) in [6, 6.07) is 0. The van der Waals surface area contributed by atoms with E-state index in [0.717, 1.165) is 13.0 Å². The average molecular weight is 349 g/mol. The first-order chi connectivity index (χ1) is 11.2. The maximum Gasteiger partial charge on any atom is 0.527 e. The zero-order valence-corrected chi connectivity index (χ0v) is 17.0. The van der Waals surface area contributed by atoms with Crippen molar-refractivity contribution in [3.8, 4) is 0 Å². The fourth-order valence-corrected chi connectivity index (χ4v) is 3.92. The highest BCUT2D eigenvalue weighted by atomic mass is 28.4. The Morgan fingerprint density at radius 3 is 1.35 bits per heavy atom. The van der Waals surface area contributed by atoms with Gasteiger partial charge in [0.1, 0.15) is 6.23 Å². The highest BCUT2D eigenvalue weighted by Gasteiger charge is 2.38.